The van der Waals surface area contributed by atoms with Gasteiger partial charge in [0.05, 0.1) is 5.92 Å². The lowest BCUT2D eigenvalue weighted by Crippen LogP contribution is -2.07. The van der Waals surface area contributed by atoms with Gasteiger partial charge in [-0.1, -0.05) is 54.1 Å². The third-order valence-electron chi connectivity index (χ3n) is 5.44. The fraction of sp³-hybridized carbons (Fsp3) is 0.0370. The number of halogens is 2. The number of hydrogen-bond acceptors (Lipinski definition) is 3. The van der Waals surface area contributed by atoms with Crippen molar-refractivity contribution in [3.63, 3.8) is 0 Å². The summed E-state index contributed by atoms with van der Waals surface area (Å²) in [5.74, 6) is -0.372. The highest BCUT2D eigenvalue weighted by Gasteiger charge is 2.20. The first-order chi connectivity index (χ1) is 16.1. The molecule has 2 aromatic heterocycles. The van der Waals surface area contributed by atoms with E-state index in [0.717, 1.165) is 38.2 Å². The SMILES string of the molecule is O=c1cc(C=Cc2cccc(F)c2)c2cc(C(c3ccc(Cl)cc3)c3nccs3)ccc2[nH]1. The van der Waals surface area contributed by atoms with Gasteiger partial charge in [-0.15, -0.1) is 11.3 Å². The molecule has 1 unspecified atom stereocenters. The second-order valence-electron chi connectivity index (χ2n) is 7.64. The molecule has 162 valence electrons. The van der Waals surface area contributed by atoms with Gasteiger partial charge in [-0.05, 0) is 58.7 Å². The molecule has 1 atom stereocenters. The summed E-state index contributed by atoms with van der Waals surface area (Å²) >= 11 is 7.71. The minimum absolute atomic E-state index is 0.0707. The third kappa shape index (κ3) is 4.65. The fourth-order valence-corrected chi connectivity index (χ4v) is 4.84. The molecule has 0 radical (unpaired) electrons. The van der Waals surface area contributed by atoms with Crippen molar-refractivity contribution in [1.29, 1.82) is 0 Å². The lowest BCUT2D eigenvalue weighted by atomic mass is 9.90. The molecule has 0 aliphatic heterocycles. The van der Waals surface area contributed by atoms with Crippen molar-refractivity contribution in [2.45, 2.75) is 5.92 Å². The van der Waals surface area contributed by atoms with E-state index in [1.165, 1.54) is 12.1 Å². The lowest BCUT2D eigenvalue weighted by Gasteiger charge is -2.17. The molecule has 3 aromatic carbocycles. The zero-order valence-corrected chi connectivity index (χ0v) is 18.9. The van der Waals surface area contributed by atoms with Gasteiger partial charge in [0, 0.05) is 33.6 Å². The molecule has 0 aliphatic carbocycles. The Bertz CT molecular complexity index is 1510. The van der Waals surface area contributed by atoms with Gasteiger partial charge in [0.1, 0.15) is 10.8 Å². The van der Waals surface area contributed by atoms with Gasteiger partial charge in [0.25, 0.3) is 0 Å². The molecule has 0 aliphatic rings. The number of thiazole rings is 1. The van der Waals surface area contributed by atoms with Crippen molar-refractivity contribution in [3.8, 4) is 0 Å². The number of benzene rings is 3. The summed E-state index contributed by atoms with van der Waals surface area (Å²) < 4.78 is 13.6. The highest BCUT2D eigenvalue weighted by molar-refractivity contribution is 7.09. The third-order valence-corrected chi connectivity index (χ3v) is 6.53. The topological polar surface area (TPSA) is 45.8 Å². The fourth-order valence-electron chi connectivity index (χ4n) is 3.92. The van der Waals surface area contributed by atoms with E-state index in [4.69, 9.17) is 11.6 Å². The predicted molar refractivity (Wildman–Crippen MR) is 134 cm³/mol. The maximum Gasteiger partial charge on any atom is 0.249 e. The number of aromatic nitrogens is 2. The maximum absolute atomic E-state index is 13.6. The summed E-state index contributed by atoms with van der Waals surface area (Å²) in [5, 5.41) is 4.51. The van der Waals surface area contributed by atoms with Gasteiger partial charge >= 0.3 is 0 Å². The number of fused-ring (bicyclic) bond motifs is 1. The Hall–Kier alpha value is -3.54. The molecule has 0 bridgehead atoms. The minimum atomic E-state index is -0.301. The van der Waals surface area contributed by atoms with Crippen molar-refractivity contribution in [3.05, 3.63) is 133 Å². The van der Waals surface area contributed by atoms with Crippen LogP contribution < -0.4 is 5.56 Å². The first-order valence-electron chi connectivity index (χ1n) is 10.3. The molecule has 33 heavy (non-hydrogen) atoms. The second kappa shape index (κ2) is 9.14. The summed E-state index contributed by atoms with van der Waals surface area (Å²) in [6.07, 6.45) is 5.45. The lowest BCUT2D eigenvalue weighted by molar-refractivity contribution is 0.627. The molecular formula is C27H18ClFN2OS. The average molecular weight is 473 g/mol. The van der Waals surface area contributed by atoms with Gasteiger partial charge in [0.15, 0.2) is 0 Å². The van der Waals surface area contributed by atoms with Crippen LogP contribution in [0.5, 0.6) is 0 Å². The van der Waals surface area contributed by atoms with Crippen LogP contribution in [0.4, 0.5) is 4.39 Å². The van der Waals surface area contributed by atoms with Gasteiger partial charge < -0.3 is 4.98 Å². The van der Waals surface area contributed by atoms with Crippen molar-refractivity contribution < 1.29 is 4.39 Å². The number of rotatable bonds is 5. The Morgan fingerprint density at radius 3 is 2.55 bits per heavy atom. The first kappa shape index (κ1) is 21.3. The van der Waals surface area contributed by atoms with Crippen LogP contribution in [0.3, 0.4) is 0 Å². The van der Waals surface area contributed by atoms with Crippen LogP contribution in [0.2, 0.25) is 5.02 Å². The zero-order chi connectivity index (χ0) is 22.8. The molecule has 6 heteroatoms. The number of hydrogen-bond donors (Lipinski definition) is 1. The van der Waals surface area contributed by atoms with Crippen molar-refractivity contribution in [2.75, 3.05) is 0 Å². The van der Waals surface area contributed by atoms with Gasteiger partial charge in [-0.3, -0.25) is 4.79 Å². The van der Waals surface area contributed by atoms with Gasteiger partial charge in [-0.2, -0.15) is 0 Å². The second-order valence-corrected chi connectivity index (χ2v) is 9.00. The van der Waals surface area contributed by atoms with E-state index in [2.05, 4.69) is 16.0 Å². The Labute approximate surface area is 198 Å². The molecule has 5 aromatic rings. The van der Waals surface area contributed by atoms with Gasteiger partial charge in [-0.25, -0.2) is 9.37 Å². The van der Waals surface area contributed by atoms with E-state index in [9.17, 15) is 9.18 Å². The van der Waals surface area contributed by atoms with E-state index >= 15 is 0 Å². The largest absolute Gasteiger partial charge is 0.322 e. The Kier molecular flexibility index (Phi) is 5.90. The predicted octanol–water partition coefficient (Wildman–Crippen LogP) is 7.13. The smallest absolute Gasteiger partial charge is 0.249 e. The summed E-state index contributed by atoms with van der Waals surface area (Å²) in [4.78, 5) is 19.7. The molecular weight excluding hydrogens is 455 g/mol. The molecule has 0 saturated carbocycles. The van der Waals surface area contributed by atoms with Crippen LogP contribution in [0.15, 0.2) is 89.2 Å². The number of aromatic amines is 1. The van der Waals surface area contributed by atoms with Crippen LogP contribution in [0.1, 0.15) is 33.2 Å². The molecule has 0 fully saturated rings. The van der Waals surface area contributed by atoms with Gasteiger partial charge in [0.2, 0.25) is 5.56 Å². The van der Waals surface area contributed by atoms with Crippen LogP contribution in [0, 0.1) is 5.82 Å². The maximum atomic E-state index is 13.6. The van der Waals surface area contributed by atoms with Crippen molar-refractivity contribution >= 4 is 46.0 Å². The summed E-state index contributed by atoms with van der Waals surface area (Å²) in [5.41, 5.74) is 4.15. The molecule has 0 amide bonds. The monoisotopic (exact) mass is 472 g/mol. The quantitative estimate of drug-likeness (QED) is 0.296. The van der Waals surface area contributed by atoms with E-state index in [1.54, 1.807) is 29.7 Å². The summed E-state index contributed by atoms with van der Waals surface area (Å²) in [6.45, 7) is 0. The highest BCUT2D eigenvalue weighted by atomic mass is 35.5. The molecule has 2 heterocycles. The molecule has 5 rings (SSSR count). The van der Waals surface area contributed by atoms with E-state index in [1.807, 2.05) is 60.0 Å². The minimum Gasteiger partial charge on any atom is -0.322 e. The molecule has 1 N–H and O–H groups in total. The average Bonchev–Trinajstić information content (AvgIpc) is 3.33. The van der Waals surface area contributed by atoms with E-state index in [-0.39, 0.29) is 17.3 Å². The van der Waals surface area contributed by atoms with Crippen LogP contribution in [-0.4, -0.2) is 9.97 Å². The highest BCUT2D eigenvalue weighted by Crippen LogP contribution is 2.35. The van der Waals surface area contributed by atoms with Crippen LogP contribution in [-0.2, 0) is 0 Å². The molecule has 3 nitrogen and oxygen atoms in total. The molecule has 0 saturated heterocycles. The van der Waals surface area contributed by atoms with Crippen molar-refractivity contribution in [1.82, 2.24) is 9.97 Å². The standard InChI is InChI=1S/C27H18ClFN2OS/c28-21-9-6-18(7-10-21)26(27-30-12-13-33-27)20-8-11-24-23(15-20)19(16-25(32)31-24)5-4-17-2-1-3-22(29)14-17/h1-16,26H,(H,31,32). The van der Waals surface area contributed by atoms with Crippen molar-refractivity contribution in [2.24, 2.45) is 0 Å². The Balaban J connectivity index is 1.64. The first-order valence-corrected chi connectivity index (χ1v) is 11.6. The number of H-pyrrole nitrogens is 1. The molecule has 0 spiro atoms. The van der Waals surface area contributed by atoms with Crippen LogP contribution in [0.25, 0.3) is 23.1 Å². The number of nitrogens with one attached hydrogen (secondary N) is 1. The van der Waals surface area contributed by atoms with E-state index in [0.29, 0.717) is 5.02 Å². The zero-order valence-electron chi connectivity index (χ0n) is 17.3. The number of pyridine rings is 1. The normalized spacial score (nSPS) is 12.4. The summed E-state index contributed by atoms with van der Waals surface area (Å²) in [7, 11) is 0. The Morgan fingerprint density at radius 1 is 0.970 bits per heavy atom. The van der Waals surface area contributed by atoms with E-state index < -0.39 is 0 Å². The number of nitrogens with zero attached hydrogens (tertiary/aromatic N) is 1. The Morgan fingerprint density at radius 2 is 1.79 bits per heavy atom. The van der Waals surface area contributed by atoms with Crippen LogP contribution >= 0.6 is 22.9 Å². The summed E-state index contributed by atoms with van der Waals surface area (Å²) in [6, 6.07) is 21.7.